The van der Waals surface area contributed by atoms with Crippen LogP contribution < -0.4 is 20.3 Å². The number of halogens is 3. The monoisotopic (exact) mass is 557 g/mol. The SMILES string of the molecule is CCN(CCOC)c1cc(-c2cc(NC(=O)c3cncc(C(F)(F)F)c3)ccc2C)cc(OCC2CCCN2)n1. The molecule has 1 aliphatic rings. The van der Waals surface area contributed by atoms with Crippen LogP contribution in [0.4, 0.5) is 24.7 Å². The lowest BCUT2D eigenvalue weighted by Gasteiger charge is -2.23. The quantitative estimate of drug-likeness (QED) is 0.330. The number of alkyl halides is 3. The van der Waals surface area contributed by atoms with E-state index in [-0.39, 0.29) is 11.6 Å². The van der Waals surface area contributed by atoms with Gasteiger partial charge in [-0.1, -0.05) is 6.07 Å². The van der Waals surface area contributed by atoms with Gasteiger partial charge in [-0.05, 0) is 74.2 Å². The largest absolute Gasteiger partial charge is 0.476 e. The number of aryl methyl sites for hydroxylation is 1. The Morgan fingerprint density at radius 3 is 2.73 bits per heavy atom. The highest BCUT2D eigenvalue weighted by molar-refractivity contribution is 6.04. The van der Waals surface area contributed by atoms with Gasteiger partial charge < -0.3 is 25.0 Å². The third-order valence-electron chi connectivity index (χ3n) is 6.79. The summed E-state index contributed by atoms with van der Waals surface area (Å²) < 4.78 is 50.7. The van der Waals surface area contributed by atoms with Crippen LogP contribution in [-0.4, -0.2) is 61.9 Å². The fourth-order valence-electron chi connectivity index (χ4n) is 4.54. The number of nitrogens with zero attached hydrogens (tertiary/aromatic N) is 3. The molecule has 1 amide bonds. The lowest BCUT2D eigenvalue weighted by Crippen LogP contribution is -2.29. The minimum atomic E-state index is -4.59. The van der Waals surface area contributed by atoms with Gasteiger partial charge in [0.15, 0.2) is 0 Å². The Morgan fingerprint density at radius 1 is 1.20 bits per heavy atom. The molecule has 11 heteroatoms. The first-order valence-corrected chi connectivity index (χ1v) is 13.2. The van der Waals surface area contributed by atoms with Crippen LogP contribution in [-0.2, 0) is 10.9 Å². The molecule has 0 radical (unpaired) electrons. The summed E-state index contributed by atoms with van der Waals surface area (Å²) in [6.07, 6.45) is -0.638. The molecule has 8 nitrogen and oxygen atoms in total. The van der Waals surface area contributed by atoms with Crippen LogP contribution in [0.1, 0.15) is 41.3 Å². The van der Waals surface area contributed by atoms with Gasteiger partial charge in [0, 0.05) is 50.4 Å². The van der Waals surface area contributed by atoms with E-state index >= 15 is 0 Å². The Morgan fingerprint density at radius 2 is 2.02 bits per heavy atom. The molecule has 40 heavy (non-hydrogen) atoms. The van der Waals surface area contributed by atoms with Crippen molar-refractivity contribution in [2.24, 2.45) is 0 Å². The summed E-state index contributed by atoms with van der Waals surface area (Å²) in [4.78, 5) is 23.2. The number of nitrogens with one attached hydrogen (secondary N) is 2. The first-order valence-electron chi connectivity index (χ1n) is 13.2. The highest BCUT2D eigenvalue weighted by atomic mass is 19.4. The van der Waals surface area contributed by atoms with Gasteiger partial charge in [0.05, 0.1) is 17.7 Å². The number of amides is 1. The summed E-state index contributed by atoms with van der Waals surface area (Å²) in [5.74, 6) is 0.532. The summed E-state index contributed by atoms with van der Waals surface area (Å²) in [5.41, 5.74) is 1.88. The molecule has 0 saturated carbocycles. The standard InChI is InChI=1S/C29H34F3N5O3/c1-4-37(10-11-39-3)26-13-20(14-27(36-26)40-18-24-6-5-9-34-24)25-15-23(8-7-19(25)2)35-28(38)21-12-22(17-33-16-21)29(30,31)32/h7-8,12-17,24,34H,4-6,9-11,18H2,1-3H3,(H,35,38). The van der Waals surface area contributed by atoms with Crippen molar-refractivity contribution in [3.63, 3.8) is 0 Å². The van der Waals surface area contributed by atoms with Crippen LogP contribution in [0.5, 0.6) is 5.88 Å². The lowest BCUT2D eigenvalue weighted by atomic mass is 10.00. The maximum absolute atomic E-state index is 13.1. The minimum absolute atomic E-state index is 0.184. The van der Waals surface area contributed by atoms with Crippen molar-refractivity contribution in [1.82, 2.24) is 15.3 Å². The third kappa shape index (κ3) is 7.48. The van der Waals surface area contributed by atoms with Crippen molar-refractivity contribution in [2.75, 3.05) is 50.2 Å². The van der Waals surface area contributed by atoms with Crippen molar-refractivity contribution in [3.05, 3.63) is 65.5 Å². The number of methoxy groups -OCH3 is 1. The van der Waals surface area contributed by atoms with Gasteiger partial charge in [0.2, 0.25) is 5.88 Å². The Kier molecular flexibility index (Phi) is 9.59. The van der Waals surface area contributed by atoms with Gasteiger partial charge in [-0.15, -0.1) is 0 Å². The number of hydrogen-bond donors (Lipinski definition) is 2. The highest BCUT2D eigenvalue weighted by Gasteiger charge is 2.31. The van der Waals surface area contributed by atoms with Gasteiger partial charge >= 0.3 is 6.18 Å². The molecule has 2 N–H and O–H groups in total. The molecule has 4 rings (SSSR count). The molecular weight excluding hydrogens is 523 g/mol. The second-order valence-electron chi connectivity index (χ2n) is 9.67. The molecule has 3 aromatic rings. The maximum atomic E-state index is 13.1. The van der Waals surface area contributed by atoms with E-state index in [1.165, 1.54) is 0 Å². The Hall–Kier alpha value is -3.70. The second-order valence-corrected chi connectivity index (χ2v) is 9.67. The molecule has 1 saturated heterocycles. The Balaban J connectivity index is 1.64. The van der Waals surface area contributed by atoms with E-state index in [1.54, 1.807) is 19.2 Å². The molecule has 1 aliphatic heterocycles. The molecular formula is C29H34F3N5O3. The van der Waals surface area contributed by atoms with E-state index in [9.17, 15) is 18.0 Å². The summed E-state index contributed by atoms with van der Waals surface area (Å²) in [6.45, 7) is 7.35. The van der Waals surface area contributed by atoms with Crippen molar-refractivity contribution < 1.29 is 27.4 Å². The first kappa shape index (κ1) is 29.3. The topological polar surface area (TPSA) is 88.6 Å². The number of carbonyl (C=O) groups is 1. The molecule has 1 fully saturated rings. The molecule has 2 aromatic heterocycles. The third-order valence-corrected chi connectivity index (χ3v) is 6.79. The summed E-state index contributed by atoms with van der Waals surface area (Å²) in [7, 11) is 1.65. The van der Waals surface area contributed by atoms with Gasteiger partial charge in [-0.3, -0.25) is 9.78 Å². The van der Waals surface area contributed by atoms with Crippen LogP contribution in [0.2, 0.25) is 0 Å². The average Bonchev–Trinajstić information content (AvgIpc) is 3.47. The van der Waals surface area contributed by atoms with Crippen LogP contribution in [0.3, 0.4) is 0 Å². The second kappa shape index (κ2) is 13.1. The normalized spacial score (nSPS) is 15.2. The average molecular weight is 558 g/mol. The van der Waals surface area contributed by atoms with E-state index in [0.717, 1.165) is 54.2 Å². The molecule has 3 heterocycles. The van der Waals surface area contributed by atoms with E-state index < -0.39 is 17.6 Å². The van der Waals surface area contributed by atoms with Gasteiger partial charge in [0.25, 0.3) is 5.91 Å². The molecule has 1 aromatic carbocycles. The predicted molar refractivity (Wildman–Crippen MR) is 148 cm³/mol. The number of anilines is 2. The number of benzene rings is 1. The first-order chi connectivity index (χ1) is 19.2. The summed E-state index contributed by atoms with van der Waals surface area (Å²) >= 11 is 0. The summed E-state index contributed by atoms with van der Waals surface area (Å²) in [5, 5.41) is 6.12. The minimum Gasteiger partial charge on any atom is -0.476 e. The molecule has 0 bridgehead atoms. The number of aromatic nitrogens is 2. The van der Waals surface area contributed by atoms with E-state index in [4.69, 9.17) is 14.5 Å². The van der Waals surface area contributed by atoms with Gasteiger partial charge in [0.1, 0.15) is 12.4 Å². The smallest absolute Gasteiger partial charge is 0.417 e. The molecule has 214 valence electrons. The Labute approximate surface area is 231 Å². The van der Waals surface area contributed by atoms with E-state index in [2.05, 4.69) is 20.5 Å². The number of ether oxygens (including phenoxy) is 2. The lowest BCUT2D eigenvalue weighted by molar-refractivity contribution is -0.137. The summed E-state index contributed by atoms with van der Waals surface area (Å²) in [6, 6.07) is 10.2. The van der Waals surface area contributed by atoms with Crippen molar-refractivity contribution >= 4 is 17.4 Å². The number of likely N-dealkylation sites (N-methyl/N-ethyl adjacent to an activating group) is 1. The van der Waals surface area contributed by atoms with Crippen LogP contribution in [0.15, 0.2) is 48.8 Å². The van der Waals surface area contributed by atoms with Crippen molar-refractivity contribution in [2.45, 2.75) is 38.9 Å². The molecule has 0 spiro atoms. The van der Waals surface area contributed by atoms with Gasteiger partial charge in [-0.25, -0.2) is 0 Å². The van der Waals surface area contributed by atoms with Crippen LogP contribution in [0.25, 0.3) is 11.1 Å². The number of rotatable bonds is 11. The molecule has 0 aliphatic carbocycles. The Bertz CT molecular complexity index is 1310. The van der Waals surface area contributed by atoms with E-state index in [0.29, 0.717) is 44.1 Å². The van der Waals surface area contributed by atoms with Crippen LogP contribution in [0, 0.1) is 6.92 Å². The van der Waals surface area contributed by atoms with Crippen LogP contribution >= 0.6 is 0 Å². The fraction of sp³-hybridized carbons (Fsp3) is 0.414. The fourth-order valence-corrected chi connectivity index (χ4v) is 4.54. The zero-order valence-corrected chi connectivity index (χ0v) is 22.8. The number of pyridine rings is 2. The molecule has 1 unspecified atom stereocenters. The zero-order valence-electron chi connectivity index (χ0n) is 22.8. The van der Waals surface area contributed by atoms with E-state index in [1.807, 2.05) is 32.0 Å². The highest BCUT2D eigenvalue weighted by Crippen LogP contribution is 2.33. The number of hydrogen-bond acceptors (Lipinski definition) is 7. The number of carbonyl (C=O) groups excluding carboxylic acids is 1. The van der Waals surface area contributed by atoms with Crippen molar-refractivity contribution in [1.29, 1.82) is 0 Å². The van der Waals surface area contributed by atoms with Gasteiger partial charge in [-0.2, -0.15) is 18.2 Å². The predicted octanol–water partition coefficient (Wildman–Crippen LogP) is 5.33. The molecule has 1 atom stereocenters. The van der Waals surface area contributed by atoms with Crippen molar-refractivity contribution in [3.8, 4) is 17.0 Å². The zero-order chi connectivity index (χ0) is 28.7. The maximum Gasteiger partial charge on any atom is 0.417 e.